The monoisotopic (exact) mass is 204 g/mol. The third kappa shape index (κ3) is 1.72. The van der Waals surface area contributed by atoms with Crippen LogP contribution in [0.5, 0.6) is 0 Å². The van der Waals surface area contributed by atoms with Crippen LogP contribution in [0.15, 0.2) is 29.6 Å². The minimum atomic E-state index is 0.613. The first-order valence-corrected chi connectivity index (χ1v) is 5.49. The summed E-state index contributed by atoms with van der Waals surface area (Å²) in [6, 6.07) is 8.32. The van der Waals surface area contributed by atoms with Crippen LogP contribution in [-0.2, 0) is 0 Å². The first kappa shape index (κ1) is 8.68. The minimum Gasteiger partial charge on any atom is -0.166 e. The Bertz CT molecular complexity index is 471. The summed E-state index contributed by atoms with van der Waals surface area (Å²) in [6.45, 7) is 0. The molecule has 1 heterocycles. The molecule has 0 radical (unpaired) electrons. The first-order valence-electron chi connectivity index (χ1n) is 3.98. The van der Waals surface area contributed by atoms with Crippen LogP contribution in [0, 0.1) is 11.8 Å². The average molecular weight is 204 g/mol. The standard InChI is InChI=1S/C11H8S2/c12-7-2-5-9-3-1-4-10-6-8-13-11(9)10/h1,3-4,6,8,12H,7H2. The van der Waals surface area contributed by atoms with Crippen LogP contribution >= 0.6 is 24.0 Å². The third-order valence-electron chi connectivity index (χ3n) is 1.78. The van der Waals surface area contributed by atoms with Gasteiger partial charge in [-0.25, -0.2) is 0 Å². The van der Waals surface area contributed by atoms with Crippen LogP contribution < -0.4 is 0 Å². The van der Waals surface area contributed by atoms with Crippen LogP contribution in [0.4, 0.5) is 0 Å². The van der Waals surface area contributed by atoms with Crippen LogP contribution in [0.25, 0.3) is 10.1 Å². The van der Waals surface area contributed by atoms with Crippen molar-refractivity contribution in [2.45, 2.75) is 0 Å². The van der Waals surface area contributed by atoms with E-state index in [1.54, 1.807) is 11.3 Å². The largest absolute Gasteiger partial charge is 0.166 e. The molecule has 0 spiro atoms. The van der Waals surface area contributed by atoms with Crippen molar-refractivity contribution in [3.63, 3.8) is 0 Å². The van der Waals surface area contributed by atoms with Gasteiger partial charge in [-0.05, 0) is 22.9 Å². The fourth-order valence-electron chi connectivity index (χ4n) is 1.23. The summed E-state index contributed by atoms with van der Waals surface area (Å²) in [4.78, 5) is 0. The fraction of sp³-hybridized carbons (Fsp3) is 0.0909. The first-order chi connectivity index (χ1) is 6.42. The molecule has 1 aromatic heterocycles. The van der Waals surface area contributed by atoms with Crippen LogP contribution in [0.2, 0.25) is 0 Å². The number of thiophene rings is 1. The van der Waals surface area contributed by atoms with E-state index in [0.717, 1.165) is 5.56 Å². The molecular formula is C11H8S2. The van der Waals surface area contributed by atoms with Gasteiger partial charge >= 0.3 is 0 Å². The predicted molar refractivity (Wildman–Crippen MR) is 62.6 cm³/mol. The molecule has 0 aliphatic rings. The topological polar surface area (TPSA) is 0 Å². The van der Waals surface area contributed by atoms with Gasteiger partial charge in [0.1, 0.15) is 0 Å². The van der Waals surface area contributed by atoms with Crippen molar-refractivity contribution in [3.8, 4) is 11.8 Å². The summed E-state index contributed by atoms with van der Waals surface area (Å²) in [7, 11) is 0. The molecule has 0 atom stereocenters. The van der Waals surface area contributed by atoms with Gasteiger partial charge in [-0.3, -0.25) is 0 Å². The molecule has 0 N–H and O–H groups in total. The van der Waals surface area contributed by atoms with Gasteiger partial charge in [-0.15, -0.1) is 11.3 Å². The maximum absolute atomic E-state index is 4.06. The van der Waals surface area contributed by atoms with Crippen molar-refractivity contribution < 1.29 is 0 Å². The van der Waals surface area contributed by atoms with Gasteiger partial charge in [0.05, 0.1) is 5.75 Å². The highest BCUT2D eigenvalue weighted by molar-refractivity contribution is 7.80. The molecule has 64 valence electrons. The van der Waals surface area contributed by atoms with E-state index in [9.17, 15) is 0 Å². The van der Waals surface area contributed by atoms with E-state index in [1.807, 2.05) is 6.07 Å². The second kappa shape index (κ2) is 3.87. The number of fused-ring (bicyclic) bond motifs is 1. The molecule has 0 bridgehead atoms. The lowest BCUT2D eigenvalue weighted by atomic mass is 10.2. The molecule has 2 rings (SSSR count). The van der Waals surface area contributed by atoms with Crippen LogP contribution in [0.3, 0.4) is 0 Å². The molecule has 0 fully saturated rings. The fourth-order valence-corrected chi connectivity index (χ4v) is 2.17. The molecule has 0 saturated carbocycles. The highest BCUT2D eigenvalue weighted by atomic mass is 32.1. The summed E-state index contributed by atoms with van der Waals surface area (Å²) in [5, 5.41) is 3.37. The molecule has 0 saturated heterocycles. The second-order valence-corrected chi connectivity index (χ2v) is 3.84. The summed E-state index contributed by atoms with van der Waals surface area (Å²) in [5.74, 6) is 6.69. The van der Waals surface area contributed by atoms with Gasteiger partial charge < -0.3 is 0 Å². The highest BCUT2D eigenvalue weighted by Gasteiger charge is 1.97. The lowest BCUT2D eigenvalue weighted by Crippen LogP contribution is -1.73. The maximum Gasteiger partial charge on any atom is 0.0521 e. The van der Waals surface area contributed by atoms with Gasteiger partial charge in [0.2, 0.25) is 0 Å². The van der Waals surface area contributed by atoms with E-state index in [1.165, 1.54) is 10.1 Å². The summed E-state index contributed by atoms with van der Waals surface area (Å²) in [5.41, 5.74) is 1.11. The molecular weight excluding hydrogens is 196 g/mol. The van der Waals surface area contributed by atoms with Crippen molar-refractivity contribution in [3.05, 3.63) is 35.2 Å². The van der Waals surface area contributed by atoms with Gasteiger partial charge in [0, 0.05) is 10.3 Å². The zero-order chi connectivity index (χ0) is 9.10. The molecule has 0 aliphatic carbocycles. The van der Waals surface area contributed by atoms with Crippen molar-refractivity contribution >= 4 is 34.1 Å². The lowest BCUT2D eigenvalue weighted by molar-refractivity contribution is 1.77. The number of rotatable bonds is 0. The third-order valence-corrected chi connectivity index (χ3v) is 2.90. The molecule has 1 aromatic carbocycles. The van der Waals surface area contributed by atoms with Crippen molar-refractivity contribution in [1.29, 1.82) is 0 Å². The number of hydrogen-bond acceptors (Lipinski definition) is 2. The number of benzene rings is 1. The normalized spacial score (nSPS) is 9.62. The zero-order valence-corrected chi connectivity index (χ0v) is 8.66. The van der Waals surface area contributed by atoms with E-state index in [4.69, 9.17) is 0 Å². The van der Waals surface area contributed by atoms with Crippen LogP contribution in [0.1, 0.15) is 5.56 Å². The summed E-state index contributed by atoms with van der Waals surface area (Å²) < 4.78 is 1.27. The summed E-state index contributed by atoms with van der Waals surface area (Å²) >= 11 is 5.80. The number of thiol groups is 1. The Hall–Kier alpha value is -0.910. The SMILES string of the molecule is SCC#Cc1cccc2ccsc12. The zero-order valence-electron chi connectivity index (χ0n) is 6.95. The molecule has 0 unspecified atom stereocenters. The maximum atomic E-state index is 4.06. The van der Waals surface area contributed by atoms with E-state index in [-0.39, 0.29) is 0 Å². The molecule has 13 heavy (non-hydrogen) atoms. The Labute approximate surface area is 87.0 Å². The molecule has 0 amide bonds. The smallest absolute Gasteiger partial charge is 0.0521 e. The predicted octanol–water partition coefficient (Wildman–Crippen LogP) is 3.18. The molecule has 2 heteroatoms. The molecule has 0 aliphatic heterocycles. The Kier molecular flexibility index (Phi) is 2.58. The Balaban J connectivity index is 2.61. The van der Waals surface area contributed by atoms with Crippen molar-refractivity contribution in [1.82, 2.24) is 0 Å². The van der Waals surface area contributed by atoms with E-state index >= 15 is 0 Å². The highest BCUT2D eigenvalue weighted by Crippen LogP contribution is 2.23. The summed E-state index contributed by atoms with van der Waals surface area (Å²) in [6.07, 6.45) is 0. The van der Waals surface area contributed by atoms with Crippen LogP contribution in [-0.4, -0.2) is 5.75 Å². The minimum absolute atomic E-state index is 0.613. The van der Waals surface area contributed by atoms with Gasteiger partial charge in [-0.1, -0.05) is 24.0 Å². The molecule has 0 nitrogen and oxygen atoms in total. The van der Waals surface area contributed by atoms with Gasteiger partial charge in [-0.2, -0.15) is 12.6 Å². The molecule has 2 aromatic rings. The Morgan fingerprint density at radius 1 is 1.31 bits per heavy atom. The number of hydrogen-bond donors (Lipinski definition) is 1. The van der Waals surface area contributed by atoms with Gasteiger partial charge in [0.25, 0.3) is 0 Å². The lowest BCUT2D eigenvalue weighted by Gasteiger charge is -1.91. The van der Waals surface area contributed by atoms with Gasteiger partial charge in [0.15, 0.2) is 0 Å². The van der Waals surface area contributed by atoms with Crippen molar-refractivity contribution in [2.75, 3.05) is 5.75 Å². The second-order valence-electron chi connectivity index (χ2n) is 2.60. The van der Waals surface area contributed by atoms with E-state index < -0.39 is 0 Å². The Morgan fingerprint density at radius 3 is 3.08 bits per heavy atom. The van der Waals surface area contributed by atoms with Crippen molar-refractivity contribution in [2.24, 2.45) is 0 Å². The quantitative estimate of drug-likeness (QED) is 0.494. The van der Waals surface area contributed by atoms with E-state index in [0.29, 0.717) is 5.75 Å². The Morgan fingerprint density at radius 2 is 2.23 bits per heavy atom. The average Bonchev–Trinajstić information content (AvgIpc) is 2.62. The van der Waals surface area contributed by atoms with E-state index in [2.05, 4.69) is 48.0 Å².